The van der Waals surface area contributed by atoms with Gasteiger partial charge in [0.2, 0.25) is 6.36 Å². The van der Waals surface area contributed by atoms with E-state index in [4.69, 9.17) is 5.11 Å². The number of rotatable bonds is 1. The number of carboxylic acids is 1. The van der Waals surface area contributed by atoms with E-state index < -0.39 is 18.3 Å². The van der Waals surface area contributed by atoms with Crippen LogP contribution in [0.2, 0.25) is 0 Å². The van der Waals surface area contributed by atoms with Crippen LogP contribution in [0.15, 0.2) is 0 Å². The van der Waals surface area contributed by atoms with Crippen LogP contribution < -0.4 is 0 Å². The molecular formula is C4H5FO4. The van der Waals surface area contributed by atoms with E-state index in [2.05, 4.69) is 4.74 Å². The zero-order valence-corrected chi connectivity index (χ0v) is 4.63. The molecule has 0 heterocycles. The highest BCUT2D eigenvalue weighted by atomic mass is 19.1. The molecule has 0 radical (unpaired) electrons. The van der Waals surface area contributed by atoms with Gasteiger partial charge in [-0.05, 0) is 0 Å². The van der Waals surface area contributed by atoms with Crippen molar-refractivity contribution in [1.82, 2.24) is 0 Å². The Bertz CT molecular complexity index is 131. The van der Waals surface area contributed by atoms with E-state index in [1.54, 1.807) is 0 Å². The molecule has 1 atom stereocenters. The maximum absolute atomic E-state index is 11.6. The van der Waals surface area contributed by atoms with Crippen molar-refractivity contribution in [2.24, 2.45) is 0 Å². The molecule has 0 aliphatic heterocycles. The lowest BCUT2D eigenvalue weighted by molar-refractivity contribution is -0.172. The summed E-state index contributed by atoms with van der Waals surface area (Å²) in [7, 11) is 0. The topological polar surface area (TPSA) is 63.6 Å². The van der Waals surface area contributed by atoms with Crippen LogP contribution in [0.4, 0.5) is 4.39 Å². The first-order chi connectivity index (χ1) is 4.04. The average Bonchev–Trinajstić information content (AvgIpc) is 1.63. The molecule has 0 spiro atoms. The van der Waals surface area contributed by atoms with Gasteiger partial charge in [0.25, 0.3) is 0 Å². The Morgan fingerprint density at radius 1 is 1.67 bits per heavy atom. The predicted octanol–water partition coefficient (Wildman–Crippen LogP) is -0.0703. The summed E-state index contributed by atoms with van der Waals surface area (Å²) in [5.41, 5.74) is 0. The second-order valence-corrected chi connectivity index (χ2v) is 1.25. The standard InChI is InChI=1S/C4H5FO4/c1-2(5)9-4(8)3(6)7/h2H,1H3,(H,6,7). The molecule has 52 valence electrons. The van der Waals surface area contributed by atoms with Crippen molar-refractivity contribution < 1.29 is 23.8 Å². The van der Waals surface area contributed by atoms with Crippen molar-refractivity contribution >= 4 is 11.9 Å². The Morgan fingerprint density at radius 3 is 2.22 bits per heavy atom. The second-order valence-electron chi connectivity index (χ2n) is 1.25. The van der Waals surface area contributed by atoms with Crippen molar-refractivity contribution in [2.75, 3.05) is 0 Å². The Balaban J connectivity index is 3.65. The first-order valence-electron chi connectivity index (χ1n) is 2.12. The Hall–Kier alpha value is -1.13. The minimum atomic E-state index is -1.87. The smallest absolute Gasteiger partial charge is 0.419 e. The number of carbonyl (C=O) groups excluding carboxylic acids is 1. The van der Waals surface area contributed by atoms with Gasteiger partial charge in [0.15, 0.2) is 0 Å². The average molecular weight is 136 g/mol. The number of ether oxygens (including phenoxy) is 1. The van der Waals surface area contributed by atoms with Crippen molar-refractivity contribution in [2.45, 2.75) is 13.3 Å². The minimum Gasteiger partial charge on any atom is -0.473 e. The number of halogens is 1. The van der Waals surface area contributed by atoms with Crippen molar-refractivity contribution in [3.8, 4) is 0 Å². The number of aliphatic carboxylic acids is 1. The molecule has 0 aromatic rings. The zero-order chi connectivity index (χ0) is 7.44. The molecule has 0 saturated heterocycles. The summed E-state index contributed by atoms with van der Waals surface area (Å²) in [5, 5.41) is 7.79. The maximum Gasteiger partial charge on any atom is 0.419 e. The van der Waals surface area contributed by atoms with E-state index in [0.29, 0.717) is 0 Å². The number of hydrogen-bond acceptors (Lipinski definition) is 3. The lowest BCUT2D eigenvalue weighted by atomic mass is 10.7. The van der Waals surface area contributed by atoms with E-state index in [1.165, 1.54) is 0 Å². The summed E-state index contributed by atoms with van der Waals surface area (Å²) >= 11 is 0. The molecule has 4 nitrogen and oxygen atoms in total. The summed E-state index contributed by atoms with van der Waals surface area (Å²) in [4.78, 5) is 19.5. The molecule has 0 aliphatic carbocycles. The molecule has 0 aromatic carbocycles. The highest BCUT2D eigenvalue weighted by Gasteiger charge is 2.15. The molecule has 0 amide bonds. The summed E-state index contributed by atoms with van der Waals surface area (Å²) in [6, 6.07) is 0. The number of hydrogen-bond donors (Lipinski definition) is 1. The molecule has 0 saturated carbocycles. The largest absolute Gasteiger partial charge is 0.473 e. The SMILES string of the molecule is CC(F)OC(=O)C(=O)O. The fraction of sp³-hybridized carbons (Fsp3) is 0.500. The molecule has 1 N–H and O–H groups in total. The monoisotopic (exact) mass is 136 g/mol. The quantitative estimate of drug-likeness (QED) is 0.404. The van der Waals surface area contributed by atoms with Crippen molar-refractivity contribution in [3.63, 3.8) is 0 Å². The predicted molar refractivity (Wildman–Crippen MR) is 24.3 cm³/mol. The van der Waals surface area contributed by atoms with Gasteiger partial charge >= 0.3 is 11.9 Å². The van der Waals surface area contributed by atoms with Crippen molar-refractivity contribution in [3.05, 3.63) is 0 Å². The summed E-state index contributed by atoms with van der Waals surface area (Å²) in [5.74, 6) is -3.37. The van der Waals surface area contributed by atoms with Crippen molar-refractivity contribution in [1.29, 1.82) is 0 Å². The van der Waals surface area contributed by atoms with Crippen LogP contribution in [-0.2, 0) is 14.3 Å². The van der Waals surface area contributed by atoms with Gasteiger partial charge in [0.05, 0.1) is 0 Å². The molecular weight excluding hydrogens is 131 g/mol. The van der Waals surface area contributed by atoms with Gasteiger partial charge in [-0.15, -0.1) is 0 Å². The fourth-order valence-corrected chi connectivity index (χ4v) is 0.198. The number of carbonyl (C=O) groups is 2. The van der Waals surface area contributed by atoms with E-state index in [1.807, 2.05) is 0 Å². The molecule has 5 heteroatoms. The van der Waals surface area contributed by atoms with Gasteiger partial charge in [-0.3, -0.25) is 0 Å². The van der Waals surface area contributed by atoms with Gasteiger partial charge in [-0.2, -0.15) is 0 Å². The van der Waals surface area contributed by atoms with Gasteiger partial charge < -0.3 is 9.84 Å². The fourth-order valence-electron chi connectivity index (χ4n) is 0.198. The molecule has 9 heavy (non-hydrogen) atoms. The third-order valence-electron chi connectivity index (χ3n) is 0.444. The van der Waals surface area contributed by atoms with Gasteiger partial charge in [0, 0.05) is 6.92 Å². The number of alkyl halides is 1. The van der Waals surface area contributed by atoms with Crippen LogP contribution in [-0.4, -0.2) is 23.4 Å². The van der Waals surface area contributed by atoms with Crippen LogP contribution in [0.3, 0.4) is 0 Å². The third kappa shape index (κ3) is 3.45. The minimum absolute atomic E-state index is 0.918. The molecule has 0 aliphatic rings. The summed E-state index contributed by atoms with van der Waals surface area (Å²) in [6.07, 6.45) is -1.87. The molecule has 0 aromatic heterocycles. The second kappa shape index (κ2) is 3.01. The summed E-state index contributed by atoms with van der Waals surface area (Å²) in [6.45, 7) is 0.918. The Morgan fingerprint density at radius 2 is 2.11 bits per heavy atom. The van der Waals surface area contributed by atoms with Crippen LogP contribution >= 0.6 is 0 Å². The van der Waals surface area contributed by atoms with Gasteiger partial charge in [-0.25, -0.2) is 14.0 Å². The lowest BCUT2D eigenvalue weighted by Gasteiger charge is -1.98. The van der Waals surface area contributed by atoms with Crippen LogP contribution in [0, 0.1) is 0 Å². The highest BCUT2D eigenvalue weighted by molar-refractivity contribution is 6.28. The molecule has 1 unspecified atom stereocenters. The molecule has 0 bridgehead atoms. The first-order valence-corrected chi connectivity index (χ1v) is 2.12. The zero-order valence-electron chi connectivity index (χ0n) is 4.63. The van der Waals surface area contributed by atoms with Gasteiger partial charge in [0.1, 0.15) is 0 Å². The van der Waals surface area contributed by atoms with Gasteiger partial charge in [-0.1, -0.05) is 0 Å². The Labute approximate surface area is 50.2 Å². The highest BCUT2D eigenvalue weighted by Crippen LogP contribution is 1.90. The third-order valence-corrected chi connectivity index (χ3v) is 0.444. The van der Waals surface area contributed by atoms with E-state index >= 15 is 0 Å². The number of esters is 1. The first kappa shape index (κ1) is 7.87. The van der Waals surface area contributed by atoms with Crippen LogP contribution in [0.5, 0.6) is 0 Å². The number of carboxylic acid groups (broad SMARTS) is 1. The lowest BCUT2D eigenvalue weighted by Crippen LogP contribution is -2.19. The van der Waals surface area contributed by atoms with E-state index in [0.717, 1.165) is 6.92 Å². The van der Waals surface area contributed by atoms with Crippen LogP contribution in [0.1, 0.15) is 6.92 Å². The summed E-state index contributed by atoms with van der Waals surface area (Å²) < 4.78 is 15.2. The molecule has 0 rings (SSSR count). The Kier molecular flexibility index (Phi) is 2.63. The van der Waals surface area contributed by atoms with E-state index in [-0.39, 0.29) is 0 Å². The van der Waals surface area contributed by atoms with E-state index in [9.17, 15) is 14.0 Å². The maximum atomic E-state index is 11.6. The van der Waals surface area contributed by atoms with Crippen LogP contribution in [0.25, 0.3) is 0 Å². The molecule has 0 fully saturated rings. The normalized spacial score (nSPS) is 12.2.